The smallest absolute Gasteiger partial charge is 0.415 e. The number of anilines is 1. The van der Waals surface area contributed by atoms with Crippen LogP contribution < -0.4 is 19.7 Å². The lowest BCUT2D eigenvalue weighted by atomic mass is 10.0. The fourth-order valence-electron chi connectivity index (χ4n) is 5.19. The van der Waals surface area contributed by atoms with Crippen molar-refractivity contribution in [3.63, 3.8) is 0 Å². The summed E-state index contributed by atoms with van der Waals surface area (Å²) in [5.74, 6) is -1.95. The summed E-state index contributed by atoms with van der Waals surface area (Å²) in [6.45, 7) is 3.16. The molecule has 246 valence electrons. The number of nitrogens with zero attached hydrogens (tertiary/aromatic N) is 2. The summed E-state index contributed by atoms with van der Waals surface area (Å²) in [6.07, 6.45) is -2.99. The third-order valence-electron chi connectivity index (χ3n) is 7.98. The zero-order valence-corrected chi connectivity index (χ0v) is 26.1. The summed E-state index contributed by atoms with van der Waals surface area (Å²) in [6, 6.07) is 14.9. The van der Waals surface area contributed by atoms with Crippen LogP contribution in [0.1, 0.15) is 25.8 Å². The second-order valence-electron chi connectivity index (χ2n) is 11.3. The third-order valence-corrected chi connectivity index (χ3v) is 9.81. The van der Waals surface area contributed by atoms with Gasteiger partial charge in [0, 0.05) is 25.2 Å². The zero-order chi connectivity index (χ0) is 33.0. The number of benzene rings is 3. The topological polar surface area (TPSA) is 135 Å². The number of aliphatic hydroxyl groups is 1. The van der Waals surface area contributed by atoms with Crippen molar-refractivity contribution in [3.8, 4) is 11.5 Å². The number of cyclic esters (lactones) is 1. The molecular weight excluding hydrogens is 624 g/mol. The van der Waals surface area contributed by atoms with Gasteiger partial charge in [0.05, 0.1) is 29.3 Å². The Bertz CT molecular complexity index is 1680. The zero-order valence-electron chi connectivity index (χ0n) is 25.3. The van der Waals surface area contributed by atoms with Gasteiger partial charge in [-0.25, -0.2) is 22.0 Å². The maximum Gasteiger partial charge on any atom is 0.415 e. The number of sulfonamides is 1. The molecule has 0 radical (unpaired) electrons. The molecule has 0 saturated carbocycles. The van der Waals surface area contributed by atoms with Gasteiger partial charge >= 0.3 is 6.09 Å². The molecule has 5 rings (SSSR count). The van der Waals surface area contributed by atoms with E-state index < -0.39 is 51.9 Å². The molecule has 1 saturated heterocycles. The van der Waals surface area contributed by atoms with Crippen LogP contribution in [0.4, 0.5) is 19.3 Å². The van der Waals surface area contributed by atoms with Crippen LogP contribution in [-0.2, 0) is 26.0 Å². The van der Waals surface area contributed by atoms with Crippen LogP contribution in [0.2, 0.25) is 0 Å². The Labute approximate surface area is 265 Å². The molecule has 4 atom stereocenters. The highest BCUT2D eigenvalue weighted by Gasteiger charge is 2.40. The van der Waals surface area contributed by atoms with Crippen LogP contribution in [0.3, 0.4) is 0 Å². The molecule has 46 heavy (non-hydrogen) atoms. The van der Waals surface area contributed by atoms with E-state index in [2.05, 4.69) is 5.32 Å². The Morgan fingerprint density at radius 3 is 2.52 bits per heavy atom. The summed E-state index contributed by atoms with van der Waals surface area (Å²) in [5, 5.41) is 14.3. The Morgan fingerprint density at radius 1 is 1.07 bits per heavy atom. The van der Waals surface area contributed by atoms with Gasteiger partial charge in [0.1, 0.15) is 11.6 Å². The van der Waals surface area contributed by atoms with Crippen LogP contribution >= 0.6 is 0 Å². The molecule has 14 heteroatoms. The standard InChI is InChI=1S/C32H35F2N3O8S/c1-3-20(2)16-36(46(41,42)23-10-12-28-29(15-23)44-19-43-28)17-27(38)25(13-21-7-5-4-6-8-21)35-31(39)30-18-37(32(40)45-30)26-11-9-22(33)14-24(26)34/h4-12,14-15,20,25,27,30,38H,3,13,16-19H2,1-2H3,(H,35,39)/t20-,25-,27+,30-/m0/s1. The molecule has 0 aliphatic carbocycles. The van der Waals surface area contributed by atoms with Gasteiger partial charge < -0.3 is 24.6 Å². The summed E-state index contributed by atoms with van der Waals surface area (Å²) in [4.78, 5) is 26.8. The average molecular weight is 660 g/mol. The van der Waals surface area contributed by atoms with Gasteiger partial charge in [0.15, 0.2) is 17.6 Å². The van der Waals surface area contributed by atoms with Crippen LogP contribution in [0.5, 0.6) is 11.5 Å². The fourth-order valence-corrected chi connectivity index (χ4v) is 6.79. The number of nitrogens with one attached hydrogen (secondary N) is 1. The molecule has 2 heterocycles. The lowest BCUT2D eigenvalue weighted by Gasteiger charge is -2.31. The first kappa shape index (κ1) is 33.1. The molecule has 2 N–H and O–H groups in total. The van der Waals surface area contributed by atoms with Crippen molar-refractivity contribution in [2.45, 2.75) is 49.8 Å². The number of halogens is 2. The summed E-state index contributed by atoms with van der Waals surface area (Å²) >= 11 is 0. The molecular formula is C32H35F2N3O8S. The SMILES string of the molecule is CC[C@H](C)CN(C[C@@H](O)[C@H](Cc1ccccc1)NC(=O)[C@@H]1CN(c2ccc(F)cc2F)C(=O)O1)S(=O)(=O)c1ccc2c(c1)OCO2. The predicted octanol–water partition coefficient (Wildman–Crippen LogP) is 3.84. The number of rotatable bonds is 13. The molecule has 0 bridgehead atoms. The maximum absolute atomic E-state index is 14.4. The van der Waals surface area contributed by atoms with Gasteiger partial charge in [-0.2, -0.15) is 4.31 Å². The first-order valence-electron chi connectivity index (χ1n) is 14.8. The predicted molar refractivity (Wildman–Crippen MR) is 163 cm³/mol. The largest absolute Gasteiger partial charge is 0.454 e. The third kappa shape index (κ3) is 7.40. The second-order valence-corrected chi connectivity index (χ2v) is 13.2. The van der Waals surface area contributed by atoms with Gasteiger partial charge in [-0.05, 0) is 42.2 Å². The minimum atomic E-state index is -4.14. The molecule has 2 aliphatic rings. The number of fused-ring (bicyclic) bond motifs is 1. The molecule has 0 aromatic heterocycles. The van der Waals surface area contributed by atoms with Crippen molar-refractivity contribution < 1.29 is 46.1 Å². The minimum absolute atomic E-state index is 0.0259. The van der Waals surface area contributed by atoms with Crippen molar-refractivity contribution >= 4 is 27.7 Å². The quantitative estimate of drug-likeness (QED) is 0.283. The molecule has 3 aromatic carbocycles. The number of hydrogen-bond donors (Lipinski definition) is 2. The maximum atomic E-state index is 14.4. The highest BCUT2D eigenvalue weighted by atomic mass is 32.2. The average Bonchev–Trinajstić information content (AvgIpc) is 3.67. The Morgan fingerprint density at radius 2 is 1.80 bits per heavy atom. The molecule has 3 aromatic rings. The summed E-state index contributed by atoms with van der Waals surface area (Å²) in [5.41, 5.74) is 0.495. The van der Waals surface area contributed by atoms with Gasteiger partial charge in [-0.3, -0.25) is 9.69 Å². The molecule has 0 unspecified atom stereocenters. The van der Waals surface area contributed by atoms with Crippen molar-refractivity contribution in [2.75, 3.05) is 31.3 Å². The van der Waals surface area contributed by atoms with E-state index in [9.17, 15) is 31.9 Å². The van der Waals surface area contributed by atoms with Crippen molar-refractivity contribution in [1.29, 1.82) is 0 Å². The fraction of sp³-hybridized carbons (Fsp3) is 0.375. The summed E-state index contributed by atoms with van der Waals surface area (Å²) in [7, 11) is -4.14. The van der Waals surface area contributed by atoms with Crippen LogP contribution in [-0.4, -0.2) is 74.5 Å². The van der Waals surface area contributed by atoms with E-state index in [0.717, 1.165) is 22.6 Å². The number of carbonyl (C=O) groups excluding carboxylic acids is 2. The van der Waals surface area contributed by atoms with Gasteiger partial charge in [0.2, 0.25) is 16.8 Å². The first-order valence-corrected chi connectivity index (χ1v) is 16.3. The molecule has 2 aliphatic heterocycles. The van der Waals surface area contributed by atoms with Gasteiger partial charge in [0.25, 0.3) is 5.91 Å². The molecule has 1 fully saturated rings. The van der Waals surface area contributed by atoms with Crippen molar-refractivity contribution in [2.24, 2.45) is 5.92 Å². The highest BCUT2D eigenvalue weighted by Crippen LogP contribution is 2.35. The lowest BCUT2D eigenvalue weighted by molar-refractivity contribution is -0.129. The van der Waals surface area contributed by atoms with Gasteiger partial charge in [-0.1, -0.05) is 50.6 Å². The minimum Gasteiger partial charge on any atom is -0.454 e. The normalized spacial score (nSPS) is 17.9. The molecule has 2 amide bonds. The monoisotopic (exact) mass is 659 g/mol. The molecule has 0 spiro atoms. The summed E-state index contributed by atoms with van der Waals surface area (Å²) < 4.78 is 72.7. The van der Waals surface area contributed by atoms with E-state index in [4.69, 9.17) is 14.2 Å². The van der Waals surface area contributed by atoms with Crippen LogP contribution in [0, 0.1) is 17.6 Å². The number of carbonyl (C=O) groups is 2. The number of amides is 2. The number of hydrogen-bond acceptors (Lipinski definition) is 8. The number of ether oxygens (including phenoxy) is 3. The van der Waals surface area contributed by atoms with E-state index >= 15 is 0 Å². The second kappa shape index (κ2) is 14.0. The first-order chi connectivity index (χ1) is 22.0. The molecule has 11 nitrogen and oxygen atoms in total. The Kier molecular flexibility index (Phi) is 10.1. The van der Waals surface area contributed by atoms with Crippen molar-refractivity contribution in [3.05, 3.63) is 83.9 Å². The number of aliphatic hydroxyl groups excluding tert-OH is 1. The Balaban J connectivity index is 1.37. The van der Waals surface area contributed by atoms with Gasteiger partial charge in [-0.15, -0.1) is 0 Å². The van der Waals surface area contributed by atoms with Crippen LogP contribution in [0.25, 0.3) is 0 Å². The van der Waals surface area contributed by atoms with E-state index in [-0.39, 0.29) is 49.3 Å². The van der Waals surface area contributed by atoms with E-state index in [1.807, 2.05) is 13.8 Å². The van der Waals surface area contributed by atoms with E-state index in [0.29, 0.717) is 24.0 Å². The van der Waals surface area contributed by atoms with Crippen molar-refractivity contribution in [1.82, 2.24) is 9.62 Å². The van der Waals surface area contributed by atoms with Crippen LogP contribution in [0.15, 0.2) is 71.6 Å². The van der Waals surface area contributed by atoms with E-state index in [1.165, 1.54) is 22.5 Å². The lowest BCUT2D eigenvalue weighted by Crippen LogP contribution is -2.53. The Hall–Kier alpha value is -4.27. The van der Waals surface area contributed by atoms with E-state index in [1.54, 1.807) is 30.3 Å². The highest BCUT2D eigenvalue weighted by molar-refractivity contribution is 7.89.